The summed E-state index contributed by atoms with van der Waals surface area (Å²) in [7, 11) is 0. The molecule has 28 heavy (non-hydrogen) atoms. The van der Waals surface area contributed by atoms with Crippen LogP contribution in [0.15, 0.2) is 12.2 Å². The van der Waals surface area contributed by atoms with Crippen LogP contribution in [0.2, 0.25) is 0 Å². The van der Waals surface area contributed by atoms with E-state index < -0.39 is 29.8 Å². The minimum absolute atomic E-state index is 0.193. The third-order valence-electron chi connectivity index (χ3n) is 3.64. The summed E-state index contributed by atoms with van der Waals surface area (Å²) >= 11 is 0. The number of primary amides is 1. The second-order valence-corrected chi connectivity index (χ2v) is 6.24. The van der Waals surface area contributed by atoms with Crippen molar-refractivity contribution in [1.82, 2.24) is 21.3 Å². The molecule has 2 atom stereocenters. The van der Waals surface area contributed by atoms with Gasteiger partial charge in [0.15, 0.2) is 11.9 Å². The van der Waals surface area contributed by atoms with Crippen molar-refractivity contribution in [3.05, 3.63) is 12.2 Å². The van der Waals surface area contributed by atoms with Gasteiger partial charge in [0.05, 0.1) is 0 Å². The largest absolute Gasteiger partial charge is 0.370 e. The molecular formula is C16H31N9O3. The molecule has 0 saturated heterocycles. The quantitative estimate of drug-likeness (QED) is 0.0704. The summed E-state index contributed by atoms with van der Waals surface area (Å²) in [6.45, 7) is 5.73. The van der Waals surface area contributed by atoms with Gasteiger partial charge in [-0.3, -0.25) is 25.2 Å². The van der Waals surface area contributed by atoms with E-state index in [-0.39, 0.29) is 30.3 Å². The van der Waals surface area contributed by atoms with E-state index >= 15 is 0 Å². The van der Waals surface area contributed by atoms with Gasteiger partial charge in [-0.1, -0.05) is 6.58 Å². The van der Waals surface area contributed by atoms with Crippen LogP contribution in [0, 0.1) is 10.8 Å². The molecule has 0 heterocycles. The zero-order valence-corrected chi connectivity index (χ0v) is 16.1. The Hall–Kier alpha value is -3.31. The maximum atomic E-state index is 12.6. The molecule has 0 bridgehead atoms. The summed E-state index contributed by atoms with van der Waals surface area (Å²) in [6, 6.07) is -1.84. The lowest BCUT2D eigenvalue weighted by Gasteiger charge is -2.22. The number of guanidine groups is 2. The molecule has 0 aliphatic heterocycles. The molecule has 0 fully saturated rings. The van der Waals surface area contributed by atoms with Gasteiger partial charge in [-0.15, -0.1) is 0 Å². The predicted octanol–water partition coefficient (Wildman–Crippen LogP) is -2.46. The topological polar surface area (TPSA) is 225 Å². The fourth-order valence-electron chi connectivity index (χ4n) is 2.17. The van der Waals surface area contributed by atoms with E-state index in [1.54, 1.807) is 0 Å². The average Bonchev–Trinajstić information content (AvgIpc) is 2.58. The van der Waals surface area contributed by atoms with Gasteiger partial charge in [-0.25, -0.2) is 0 Å². The molecule has 158 valence electrons. The smallest absolute Gasteiger partial charge is 0.246 e. The van der Waals surface area contributed by atoms with Crippen LogP contribution in [0.1, 0.15) is 32.6 Å². The predicted molar refractivity (Wildman–Crippen MR) is 106 cm³/mol. The Bertz CT molecular complexity index is 606. The SMILES string of the molecule is C=C(C)C(=O)NC(CCCNC(=N)N)C(=O)NC(CCCNC(=N)N)C(N)=O. The number of carbonyl (C=O) groups excluding carboxylic acids is 3. The highest BCUT2D eigenvalue weighted by molar-refractivity contribution is 5.97. The number of hydrogen-bond donors (Lipinski definition) is 9. The van der Waals surface area contributed by atoms with E-state index in [9.17, 15) is 14.4 Å². The van der Waals surface area contributed by atoms with Crippen LogP contribution >= 0.6 is 0 Å². The lowest BCUT2D eigenvalue weighted by molar-refractivity contribution is -0.130. The molecule has 0 spiro atoms. The zero-order chi connectivity index (χ0) is 21.7. The summed E-state index contributed by atoms with van der Waals surface area (Å²) in [6.07, 6.45) is 1.38. The third kappa shape index (κ3) is 11.3. The van der Waals surface area contributed by atoms with Crippen LogP contribution in [0.25, 0.3) is 0 Å². The zero-order valence-electron chi connectivity index (χ0n) is 16.1. The first-order chi connectivity index (χ1) is 13.0. The van der Waals surface area contributed by atoms with E-state index in [2.05, 4.69) is 27.8 Å². The lowest BCUT2D eigenvalue weighted by atomic mass is 10.1. The molecule has 2 unspecified atom stereocenters. The maximum absolute atomic E-state index is 12.6. The van der Waals surface area contributed by atoms with Crippen molar-refractivity contribution in [3.8, 4) is 0 Å². The van der Waals surface area contributed by atoms with Crippen molar-refractivity contribution in [1.29, 1.82) is 10.8 Å². The molecule has 0 radical (unpaired) electrons. The van der Waals surface area contributed by atoms with E-state index in [4.69, 9.17) is 28.0 Å². The molecular weight excluding hydrogens is 366 g/mol. The van der Waals surface area contributed by atoms with E-state index in [0.29, 0.717) is 25.9 Å². The summed E-state index contributed by atoms with van der Waals surface area (Å²) < 4.78 is 0. The molecule has 0 saturated carbocycles. The first-order valence-electron chi connectivity index (χ1n) is 8.76. The van der Waals surface area contributed by atoms with E-state index in [1.165, 1.54) is 6.92 Å². The molecule has 0 rings (SSSR count). The van der Waals surface area contributed by atoms with Crippen molar-refractivity contribution in [2.45, 2.75) is 44.7 Å². The normalized spacial score (nSPS) is 12.2. The maximum Gasteiger partial charge on any atom is 0.246 e. The molecule has 0 aromatic heterocycles. The summed E-state index contributed by atoms with van der Waals surface area (Å²) in [4.78, 5) is 36.1. The average molecular weight is 397 g/mol. The minimum atomic E-state index is -0.930. The van der Waals surface area contributed by atoms with Crippen LogP contribution in [0.5, 0.6) is 0 Å². The second-order valence-electron chi connectivity index (χ2n) is 6.24. The van der Waals surface area contributed by atoms with Gasteiger partial charge in [-0.2, -0.15) is 0 Å². The van der Waals surface area contributed by atoms with Gasteiger partial charge >= 0.3 is 0 Å². The molecule has 12 heteroatoms. The van der Waals surface area contributed by atoms with E-state index in [1.807, 2.05) is 0 Å². The Balaban J connectivity index is 4.86. The molecule has 12 N–H and O–H groups in total. The van der Waals surface area contributed by atoms with Crippen LogP contribution in [-0.2, 0) is 14.4 Å². The molecule has 0 aliphatic rings. The molecule has 0 aliphatic carbocycles. The van der Waals surface area contributed by atoms with Gasteiger partial charge in [0.25, 0.3) is 0 Å². The summed E-state index contributed by atoms with van der Waals surface area (Å²) in [5.74, 6) is -2.14. The van der Waals surface area contributed by atoms with Crippen molar-refractivity contribution in [2.75, 3.05) is 13.1 Å². The number of nitrogens with two attached hydrogens (primary N) is 3. The minimum Gasteiger partial charge on any atom is -0.370 e. The van der Waals surface area contributed by atoms with Crippen LogP contribution in [0.3, 0.4) is 0 Å². The standard InChI is InChI=1S/C16H31N9O3/c1-9(2)13(27)25-11(6-4-8-23-16(20)21)14(28)24-10(12(17)26)5-3-7-22-15(18)19/h10-11H,1,3-8H2,2H3,(H2,17,26)(H,24,28)(H,25,27)(H4,18,19,22)(H4,20,21,23). The molecule has 0 aromatic rings. The molecule has 12 nitrogen and oxygen atoms in total. The van der Waals surface area contributed by atoms with Crippen molar-refractivity contribution in [3.63, 3.8) is 0 Å². The highest BCUT2D eigenvalue weighted by Crippen LogP contribution is 2.03. The molecule has 3 amide bonds. The Morgan fingerprint density at radius 1 is 0.893 bits per heavy atom. The number of amides is 3. The van der Waals surface area contributed by atoms with E-state index in [0.717, 1.165) is 0 Å². The van der Waals surface area contributed by atoms with Gasteiger partial charge in [0, 0.05) is 18.7 Å². The number of hydrogen-bond acceptors (Lipinski definition) is 5. The number of carbonyl (C=O) groups is 3. The Morgan fingerprint density at radius 3 is 1.75 bits per heavy atom. The Kier molecular flexibility index (Phi) is 11.4. The monoisotopic (exact) mass is 397 g/mol. The van der Waals surface area contributed by atoms with Crippen LogP contribution < -0.4 is 38.5 Å². The highest BCUT2D eigenvalue weighted by atomic mass is 16.2. The van der Waals surface area contributed by atoms with Crippen molar-refractivity contribution in [2.24, 2.45) is 17.2 Å². The second kappa shape index (κ2) is 12.9. The Morgan fingerprint density at radius 2 is 1.36 bits per heavy atom. The van der Waals surface area contributed by atoms with Crippen molar-refractivity contribution < 1.29 is 14.4 Å². The fourth-order valence-corrected chi connectivity index (χ4v) is 2.17. The number of nitrogens with one attached hydrogen (secondary N) is 6. The summed E-state index contributed by atoms with van der Waals surface area (Å²) in [5, 5.41) is 24.5. The summed E-state index contributed by atoms with van der Waals surface area (Å²) in [5.41, 5.74) is 16.0. The van der Waals surface area contributed by atoms with Crippen LogP contribution in [0.4, 0.5) is 0 Å². The number of rotatable bonds is 13. The van der Waals surface area contributed by atoms with Gasteiger partial charge < -0.3 is 38.5 Å². The molecule has 0 aromatic carbocycles. The van der Waals surface area contributed by atoms with Gasteiger partial charge in [0.2, 0.25) is 17.7 Å². The van der Waals surface area contributed by atoms with Crippen molar-refractivity contribution >= 4 is 29.6 Å². The van der Waals surface area contributed by atoms with Gasteiger partial charge in [0.1, 0.15) is 12.1 Å². The fraction of sp³-hybridized carbons (Fsp3) is 0.562. The third-order valence-corrected chi connectivity index (χ3v) is 3.64. The van der Waals surface area contributed by atoms with Crippen LogP contribution in [-0.4, -0.2) is 54.8 Å². The lowest BCUT2D eigenvalue weighted by Crippen LogP contribution is -2.53. The van der Waals surface area contributed by atoms with Gasteiger partial charge in [-0.05, 0) is 32.6 Å². The Labute approximate surface area is 164 Å². The highest BCUT2D eigenvalue weighted by Gasteiger charge is 2.25. The first-order valence-corrected chi connectivity index (χ1v) is 8.76. The first kappa shape index (κ1) is 24.7.